The van der Waals surface area contributed by atoms with Gasteiger partial charge in [-0.3, -0.25) is 0 Å². The maximum Gasteiger partial charge on any atom is 0.534 e. The molecule has 0 saturated carbocycles. The highest BCUT2D eigenvalue weighted by molar-refractivity contribution is 7.88. The summed E-state index contributed by atoms with van der Waals surface area (Å²) < 4.78 is 64.7. The minimum Gasteiger partial charge on any atom is -0.465 e. The fourth-order valence-corrected chi connectivity index (χ4v) is 3.51. The van der Waals surface area contributed by atoms with E-state index in [-0.39, 0.29) is 18.5 Å². The summed E-state index contributed by atoms with van der Waals surface area (Å²) in [5.41, 5.74) is -5.39. The number of carbonyl (C=O) groups is 1. The number of rotatable bonds is 2. The molecular formula is C15H18F3NO5S. The molecule has 1 atom stereocenters. The van der Waals surface area contributed by atoms with Gasteiger partial charge in [0, 0.05) is 12.1 Å². The minimum absolute atomic E-state index is 0.0245. The highest BCUT2D eigenvalue weighted by Crippen LogP contribution is 2.45. The van der Waals surface area contributed by atoms with Crippen molar-refractivity contribution in [2.75, 3.05) is 6.54 Å². The molecule has 1 aromatic carbocycles. The summed E-state index contributed by atoms with van der Waals surface area (Å²) in [6, 6.07) is 3.42. The Bertz CT molecular complexity index is 783. The van der Waals surface area contributed by atoms with Crippen LogP contribution in [0.15, 0.2) is 18.2 Å². The molecule has 25 heavy (non-hydrogen) atoms. The molecule has 6 nitrogen and oxygen atoms in total. The van der Waals surface area contributed by atoms with Crippen molar-refractivity contribution in [3.05, 3.63) is 29.3 Å². The molecule has 2 rings (SSSR count). The Balaban J connectivity index is 2.55. The van der Waals surface area contributed by atoms with E-state index in [4.69, 9.17) is 0 Å². The van der Waals surface area contributed by atoms with Gasteiger partial charge in [0.25, 0.3) is 0 Å². The first-order valence-corrected chi connectivity index (χ1v) is 8.78. The normalized spacial score (nSPS) is 18.6. The third kappa shape index (κ3) is 3.68. The van der Waals surface area contributed by atoms with E-state index in [0.29, 0.717) is 5.56 Å². The molecule has 0 aliphatic carbocycles. The number of hydrogen-bond donors (Lipinski definition) is 1. The molecule has 1 unspecified atom stereocenters. The lowest BCUT2D eigenvalue weighted by Gasteiger charge is -2.43. The second kappa shape index (κ2) is 6.08. The van der Waals surface area contributed by atoms with Gasteiger partial charge in [-0.1, -0.05) is 32.9 Å². The van der Waals surface area contributed by atoms with Gasteiger partial charge in [-0.15, -0.1) is 0 Å². The number of amides is 1. The van der Waals surface area contributed by atoms with E-state index < -0.39 is 38.9 Å². The van der Waals surface area contributed by atoms with Crippen LogP contribution in [0.3, 0.4) is 0 Å². The van der Waals surface area contributed by atoms with Gasteiger partial charge in [0.15, 0.2) is 0 Å². The Morgan fingerprint density at radius 3 is 2.36 bits per heavy atom. The van der Waals surface area contributed by atoms with Crippen molar-refractivity contribution in [3.8, 4) is 5.75 Å². The van der Waals surface area contributed by atoms with E-state index in [0.717, 1.165) is 6.07 Å². The predicted octanol–water partition coefficient (Wildman–Crippen LogP) is 3.54. The van der Waals surface area contributed by atoms with Crippen molar-refractivity contribution in [1.82, 2.24) is 4.90 Å². The first-order valence-electron chi connectivity index (χ1n) is 7.38. The van der Waals surface area contributed by atoms with Crippen LogP contribution in [0.1, 0.15) is 37.9 Å². The summed E-state index contributed by atoms with van der Waals surface area (Å²) in [7, 11) is -5.80. The smallest absolute Gasteiger partial charge is 0.465 e. The van der Waals surface area contributed by atoms with E-state index in [2.05, 4.69) is 4.18 Å². The van der Waals surface area contributed by atoms with Crippen LogP contribution in [0.25, 0.3) is 0 Å². The van der Waals surface area contributed by atoms with Gasteiger partial charge < -0.3 is 14.2 Å². The van der Waals surface area contributed by atoms with Crippen molar-refractivity contribution in [2.24, 2.45) is 5.41 Å². The van der Waals surface area contributed by atoms with E-state index in [1.807, 2.05) is 0 Å². The number of nitrogens with zero attached hydrogens (tertiary/aromatic N) is 1. The minimum atomic E-state index is -5.80. The molecule has 0 fully saturated rings. The lowest BCUT2D eigenvalue weighted by atomic mass is 9.77. The fourth-order valence-electron chi connectivity index (χ4n) is 3.02. The lowest BCUT2D eigenvalue weighted by molar-refractivity contribution is -0.0500. The summed E-state index contributed by atoms with van der Waals surface area (Å²) >= 11 is 0. The average Bonchev–Trinajstić information content (AvgIpc) is 2.43. The van der Waals surface area contributed by atoms with Crippen LogP contribution in [0.2, 0.25) is 0 Å². The highest BCUT2D eigenvalue weighted by Gasteiger charge is 2.49. The van der Waals surface area contributed by atoms with E-state index in [1.165, 1.54) is 11.0 Å². The Labute approximate surface area is 143 Å². The first kappa shape index (κ1) is 19.4. The highest BCUT2D eigenvalue weighted by atomic mass is 32.2. The number of carboxylic acid groups (broad SMARTS) is 1. The monoisotopic (exact) mass is 381 g/mol. The molecule has 140 valence electrons. The fraction of sp³-hybridized carbons (Fsp3) is 0.533. The molecule has 1 heterocycles. The van der Waals surface area contributed by atoms with Crippen molar-refractivity contribution in [1.29, 1.82) is 0 Å². The van der Waals surface area contributed by atoms with Crippen molar-refractivity contribution in [2.45, 2.75) is 38.7 Å². The largest absolute Gasteiger partial charge is 0.534 e. The Morgan fingerprint density at radius 1 is 1.28 bits per heavy atom. The van der Waals surface area contributed by atoms with Crippen LogP contribution in [0.4, 0.5) is 18.0 Å². The van der Waals surface area contributed by atoms with Gasteiger partial charge in [0.05, 0.1) is 6.04 Å². The van der Waals surface area contributed by atoms with Crippen molar-refractivity contribution < 1.29 is 35.7 Å². The molecular weight excluding hydrogens is 363 g/mol. The van der Waals surface area contributed by atoms with E-state index in [9.17, 15) is 31.5 Å². The SMILES string of the molecule is CC(C)(C)C1c2cccc(OS(=O)(=O)C(F)(F)F)c2CCN1C(=O)O. The molecule has 10 heteroatoms. The zero-order valence-electron chi connectivity index (χ0n) is 13.8. The molecule has 1 N–H and O–H groups in total. The average molecular weight is 381 g/mol. The topological polar surface area (TPSA) is 83.9 Å². The number of halogens is 3. The number of hydrogen-bond acceptors (Lipinski definition) is 4. The molecule has 1 aliphatic rings. The molecule has 1 amide bonds. The van der Waals surface area contributed by atoms with Crippen molar-refractivity contribution >= 4 is 16.2 Å². The summed E-state index contributed by atoms with van der Waals surface area (Å²) in [6.45, 7) is 5.41. The Morgan fingerprint density at radius 2 is 1.88 bits per heavy atom. The third-order valence-electron chi connectivity index (χ3n) is 3.93. The first-order chi connectivity index (χ1) is 11.3. The van der Waals surface area contributed by atoms with Crippen LogP contribution in [0.5, 0.6) is 5.75 Å². The van der Waals surface area contributed by atoms with Gasteiger partial charge >= 0.3 is 21.7 Å². The molecule has 0 aromatic heterocycles. The molecule has 0 spiro atoms. The van der Waals surface area contributed by atoms with Crippen LogP contribution in [-0.2, 0) is 16.5 Å². The summed E-state index contributed by atoms with van der Waals surface area (Å²) in [6.07, 6.45) is -1.10. The predicted molar refractivity (Wildman–Crippen MR) is 82.7 cm³/mol. The molecule has 0 radical (unpaired) electrons. The molecule has 0 bridgehead atoms. The maximum atomic E-state index is 12.6. The van der Waals surface area contributed by atoms with E-state index in [1.54, 1.807) is 26.8 Å². The van der Waals surface area contributed by atoms with Gasteiger partial charge in [-0.05, 0) is 23.5 Å². The van der Waals surface area contributed by atoms with Gasteiger partial charge in [0.2, 0.25) is 0 Å². The Hall–Kier alpha value is -1.97. The summed E-state index contributed by atoms with van der Waals surface area (Å²) in [4.78, 5) is 12.7. The quantitative estimate of drug-likeness (QED) is 0.626. The second-order valence-corrected chi connectivity index (χ2v) is 8.34. The zero-order valence-corrected chi connectivity index (χ0v) is 14.6. The Kier molecular flexibility index (Phi) is 4.71. The van der Waals surface area contributed by atoms with Gasteiger partial charge in [0.1, 0.15) is 5.75 Å². The van der Waals surface area contributed by atoms with Gasteiger partial charge in [-0.2, -0.15) is 21.6 Å². The maximum absolute atomic E-state index is 12.6. The summed E-state index contributed by atoms with van der Waals surface area (Å²) in [5.74, 6) is -0.422. The van der Waals surface area contributed by atoms with E-state index >= 15 is 0 Å². The number of alkyl halides is 3. The number of benzene rings is 1. The summed E-state index contributed by atoms with van der Waals surface area (Å²) in [5, 5.41) is 9.41. The molecule has 1 aliphatic heterocycles. The van der Waals surface area contributed by atoms with Crippen molar-refractivity contribution in [3.63, 3.8) is 0 Å². The van der Waals surface area contributed by atoms with Gasteiger partial charge in [-0.25, -0.2) is 4.79 Å². The third-order valence-corrected chi connectivity index (χ3v) is 4.89. The molecule has 0 saturated heterocycles. The van der Waals surface area contributed by atoms with Crippen LogP contribution in [-0.4, -0.2) is 36.6 Å². The standard InChI is InChI=1S/C15H18F3NO5S/c1-14(2,3)12-10-5-4-6-11(24-25(22,23)15(16,17)18)9(10)7-8-19(12)13(20)21/h4-6,12H,7-8H2,1-3H3,(H,20,21). The molecule has 1 aromatic rings. The van der Waals surface area contributed by atoms with Crippen LogP contribution >= 0.6 is 0 Å². The second-order valence-electron chi connectivity index (χ2n) is 6.80. The van der Waals surface area contributed by atoms with Crippen LogP contribution < -0.4 is 4.18 Å². The lowest BCUT2D eigenvalue weighted by Crippen LogP contribution is -2.44. The van der Waals surface area contributed by atoms with Crippen LogP contribution in [0, 0.1) is 5.41 Å². The number of fused-ring (bicyclic) bond motifs is 1. The zero-order chi connectivity index (χ0) is 19.2.